The molecule has 0 spiro atoms. The summed E-state index contributed by atoms with van der Waals surface area (Å²) in [5, 5.41) is 3.84. The molecule has 3 rings (SSSR count). The molecule has 1 heterocycles. The van der Waals surface area contributed by atoms with Gasteiger partial charge in [-0.2, -0.15) is 0 Å². The van der Waals surface area contributed by atoms with E-state index in [1.807, 2.05) is 11.8 Å². The zero-order valence-corrected chi connectivity index (χ0v) is 14.3. The third-order valence-corrected chi connectivity index (χ3v) is 6.45. The second-order valence-corrected chi connectivity index (χ2v) is 8.54. The molecule has 2 heteroatoms. The molecular weight excluding hydrogens is 274 g/mol. The lowest BCUT2D eigenvalue weighted by molar-refractivity contribution is 0.223. The highest BCUT2D eigenvalue weighted by Crippen LogP contribution is 2.43. The SMILES string of the molecule is CC(C)CC1(CNCC2CSc3ccccc32)CCCC1. The second-order valence-electron chi connectivity index (χ2n) is 7.48. The number of hydrogen-bond donors (Lipinski definition) is 1. The van der Waals surface area contributed by atoms with E-state index in [9.17, 15) is 0 Å². The highest BCUT2D eigenvalue weighted by Gasteiger charge is 2.34. The second kappa shape index (κ2) is 6.75. The average Bonchev–Trinajstić information content (AvgIpc) is 3.06. The van der Waals surface area contributed by atoms with Crippen LogP contribution in [0.3, 0.4) is 0 Å². The summed E-state index contributed by atoms with van der Waals surface area (Å²) >= 11 is 2.03. The fourth-order valence-corrected chi connectivity index (χ4v) is 5.61. The molecule has 1 atom stereocenters. The molecule has 1 saturated carbocycles. The summed E-state index contributed by atoms with van der Waals surface area (Å²) in [6.45, 7) is 7.15. The van der Waals surface area contributed by atoms with Crippen molar-refractivity contribution in [3.05, 3.63) is 29.8 Å². The Morgan fingerprint density at radius 3 is 2.76 bits per heavy atom. The van der Waals surface area contributed by atoms with Crippen LogP contribution < -0.4 is 5.32 Å². The highest BCUT2D eigenvalue weighted by atomic mass is 32.2. The Labute approximate surface area is 134 Å². The van der Waals surface area contributed by atoms with Crippen molar-refractivity contribution in [3.8, 4) is 0 Å². The van der Waals surface area contributed by atoms with Gasteiger partial charge >= 0.3 is 0 Å². The lowest BCUT2D eigenvalue weighted by Crippen LogP contribution is -2.35. The molecule has 21 heavy (non-hydrogen) atoms. The van der Waals surface area contributed by atoms with Crippen LogP contribution >= 0.6 is 11.8 Å². The molecule has 1 aliphatic heterocycles. The third kappa shape index (κ3) is 3.65. The summed E-state index contributed by atoms with van der Waals surface area (Å²) in [6, 6.07) is 8.95. The lowest BCUT2D eigenvalue weighted by atomic mass is 9.78. The van der Waals surface area contributed by atoms with Gasteiger partial charge in [-0.25, -0.2) is 0 Å². The van der Waals surface area contributed by atoms with Crippen LogP contribution in [-0.4, -0.2) is 18.8 Å². The number of fused-ring (bicyclic) bond motifs is 1. The molecule has 1 unspecified atom stereocenters. The van der Waals surface area contributed by atoms with Gasteiger partial charge in [-0.3, -0.25) is 0 Å². The fourth-order valence-electron chi connectivity index (χ4n) is 4.35. The van der Waals surface area contributed by atoms with Crippen molar-refractivity contribution in [3.63, 3.8) is 0 Å². The first-order valence-electron chi connectivity index (χ1n) is 8.61. The van der Waals surface area contributed by atoms with E-state index in [-0.39, 0.29) is 0 Å². The van der Waals surface area contributed by atoms with Crippen LogP contribution in [0.2, 0.25) is 0 Å². The van der Waals surface area contributed by atoms with Gasteiger partial charge in [0.2, 0.25) is 0 Å². The molecule has 0 amide bonds. The van der Waals surface area contributed by atoms with Gasteiger partial charge in [0, 0.05) is 29.7 Å². The third-order valence-electron chi connectivity index (χ3n) is 5.20. The van der Waals surface area contributed by atoms with Gasteiger partial charge < -0.3 is 5.32 Å². The molecule has 0 bridgehead atoms. The quantitative estimate of drug-likeness (QED) is 0.787. The highest BCUT2D eigenvalue weighted by molar-refractivity contribution is 7.99. The molecular formula is C19H29NS. The van der Waals surface area contributed by atoms with E-state index in [0.717, 1.165) is 12.5 Å². The molecule has 0 aromatic heterocycles. The van der Waals surface area contributed by atoms with Crippen LogP contribution in [0.4, 0.5) is 0 Å². The number of hydrogen-bond acceptors (Lipinski definition) is 2. The lowest BCUT2D eigenvalue weighted by Gasteiger charge is -2.32. The molecule has 1 aromatic rings. The standard InChI is InChI=1S/C19H29NS/c1-15(2)11-19(9-5-6-10-19)14-20-12-16-13-21-18-8-4-3-7-17(16)18/h3-4,7-8,15-16,20H,5-6,9-14H2,1-2H3. The van der Waals surface area contributed by atoms with E-state index in [4.69, 9.17) is 0 Å². The number of nitrogens with one attached hydrogen (secondary N) is 1. The zero-order chi connectivity index (χ0) is 14.7. The van der Waals surface area contributed by atoms with Crippen LogP contribution in [0.5, 0.6) is 0 Å². The van der Waals surface area contributed by atoms with E-state index in [0.29, 0.717) is 11.3 Å². The van der Waals surface area contributed by atoms with Gasteiger partial charge in [-0.1, -0.05) is 44.9 Å². The van der Waals surface area contributed by atoms with E-state index >= 15 is 0 Å². The first-order chi connectivity index (χ1) is 10.2. The Morgan fingerprint density at radius 1 is 1.24 bits per heavy atom. The molecule has 0 radical (unpaired) electrons. The zero-order valence-electron chi connectivity index (χ0n) is 13.5. The number of thioether (sulfide) groups is 1. The van der Waals surface area contributed by atoms with E-state index in [1.165, 1.54) is 49.3 Å². The Hall–Kier alpha value is -0.470. The van der Waals surface area contributed by atoms with Crippen molar-refractivity contribution >= 4 is 11.8 Å². The van der Waals surface area contributed by atoms with E-state index < -0.39 is 0 Å². The number of benzene rings is 1. The van der Waals surface area contributed by atoms with Gasteiger partial charge in [0.25, 0.3) is 0 Å². The molecule has 1 fully saturated rings. The topological polar surface area (TPSA) is 12.0 Å². The van der Waals surface area contributed by atoms with Gasteiger partial charge in [-0.15, -0.1) is 11.8 Å². The van der Waals surface area contributed by atoms with Crippen molar-refractivity contribution in [2.24, 2.45) is 11.3 Å². The van der Waals surface area contributed by atoms with Crippen molar-refractivity contribution in [2.45, 2.75) is 56.8 Å². The minimum Gasteiger partial charge on any atom is -0.316 e. The Kier molecular flexibility index (Phi) is 4.96. The number of rotatable bonds is 6. The molecule has 1 aliphatic carbocycles. The van der Waals surface area contributed by atoms with Crippen molar-refractivity contribution in [1.82, 2.24) is 5.32 Å². The monoisotopic (exact) mass is 303 g/mol. The van der Waals surface area contributed by atoms with E-state index in [2.05, 4.69) is 43.4 Å². The van der Waals surface area contributed by atoms with Crippen LogP contribution in [0, 0.1) is 11.3 Å². The normalized spacial score (nSPS) is 23.7. The van der Waals surface area contributed by atoms with Gasteiger partial charge in [0.05, 0.1) is 0 Å². The minimum atomic E-state index is 0.597. The first kappa shape index (κ1) is 15.4. The summed E-state index contributed by atoms with van der Waals surface area (Å²) in [4.78, 5) is 1.50. The summed E-state index contributed by atoms with van der Waals surface area (Å²) in [5.41, 5.74) is 2.17. The first-order valence-corrected chi connectivity index (χ1v) is 9.60. The van der Waals surface area contributed by atoms with E-state index in [1.54, 1.807) is 5.56 Å². The maximum Gasteiger partial charge on any atom is 0.0108 e. The Bertz CT molecular complexity index is 462. The van der Waals surface area contributed by atoms with Crippen LogP contribution in [0.1, 0.15) is 57.4 Å². The maximum atomic E-state index is 3.84. The summed E-state index contributed by atoms with van der Waals surface area (Å²) < 4.78 is 0. The van der Waals surface area contributed by atoms with Crippen molar-refractivity contribution in [1.29, 1.82) is 0 Å². The largest absolute Gasteiger partial charge is 0.316 e. The molecule has 1 nitrogen and oxygen atoms in total. The van der Waals surface area contributed by atoms with Gasteiger partial charge in [0.15, 0.2) is 0 Å². The van der Waals surface area contributed by atoms with Crippen LogP contribution in [0.15, 0.2) is 29.2 Å². The predicted molar refractivity (Wildman–Crippen MR) is 93.1 cm³/mol. The molecule has 0 saturated heterocycles. The molecule has 1 aromatic carbocycles. The van der Waals surface area contributed by atoms with Crippen LogP contribution in [0.25, 0.3) is 0 Å². The molecule has 116 valence electrons. The summed E-state index contributed by atoms with van der Waals surface area (Å²) in [6.07, 6.45) is 7.16. The predicted octanol–water partition coefficient (Wildman–Crippen LogP) is 5.07. The van der Waals surface area contributed by atoms with Crippen molar-refractivity contribution < 1.29 is 0 Å². The molecule has 2 aliphatic rings. The molecule has 1 N–H and O–H groups in total. The average molecular weight is 304 g/mol. The smallest absolute Gasteiger partial charge is 0.0108 e. The Morgan fingerprint density at radius 2 is 2.00 bits per heavy atom. The minimum absolute atomic E-state index is 0.597. The Balaban J connectivity index is 1.54. The summed E-state index contributed by atoms with van der Waals surface area (Å²) in [7, 11) is 0. The van der Waals surface area contributed by atoms with Gasteiger partial charge in [-0.05, 0) is 42.2 Å². The summed E-state index contributed by atoms with van der Waals surface area (Å²) in [5.74, 6) is 2.79. The van der Waals surface area contributed by atoms with Gasteiger partial charge in [0.1, 0.15) is 0 Å². The van der Waals surface area contributed by atoms with Crippen LogP contribution in [-0.2, 0) is 0 Å². The fraction of sp³-hybridized carbons (Fsp3) is 0.684. The maximum absolute atomic E-state index is 3.84. The van der Waals surface area contributed by atoms with Crippen molar-refractivity contribution in [2.75, 3.05) is 18.8 Å².